The quantitative estimate of drug-likeness (QED) is 0.487. The first-order valence-electron chi connectivity index (χ1n) is 4.29. The van der Waals surface area contributed by atoms with Crippen molar-refractivity contribution in [2.24, 2.45) is 11.7 Å². The number of amides is 2. The third-order valence-electron chi connectivity index (χ3n) is 1.72. The largest absolute Gasteiger partial charge is 0.368 e. The van der Waals surface area contributed by atoms with Crippen molar-refractivity contribution >= 4 is 11.8 Å². The number of quaternary nitrogens is 1. The molecule has 6 N–H and O–H groups in total. The fourth-order valence-electron chi connectivity index (χ4n) is 0.862. The van der Waals surface area contributed by atoms with Crippen molar-refractivity contribution in [2.45, 2.75) is 32.9 Å². The maximum Gasteiger partial charge on any atom is 0.278 e. The van der Waals surface area contributed by atoms with Crippen LogP contribution in [0.3, 0.4) is 0 Å². The van der Waals surface area contributed by atoms with E-state index in [2.05, 4.69) is 11.1 Å². The van der Waals surface area contributed by atoms with Crippen molar-refractivity contribution < 1.29 is 15.3 Å². The van der Waals surface area contributed by atoms with E-state index < -0.39 is 11.9 Å². The topological polar surface area (TPSA) is 99.8 Å². The van der Waals surface area contributed by atoms with E-state index in [0.717, 1.165) is 0 Å². The zero-order chi connectivity index (χ0) is 10.6. The summed E-state index contributed by atoms with van der Waals surface area (Å²) in [4.78, 5) is 22.1. The molecule has 0 aromatic rings. The molecule has 13 heavy (non-hydrogen) atoms. The van der Waals surface area contributed by atoms with Gasteiger partial charge in [0.15, 0.2) is 6.04 Å². The van der Waals surface area contributed by atoms with Gasteiger partial charge >= 0.3 is 0 Å². The van der Waals surface area contributed by atoms with Gasteiger partial charge in [0.2, 0.25) is 5.91 Å². The second kappa shape index (κ2) is 4.81. The number of rotatable bonds is 4. The average molecular weight is 188 g/mol. The lowest BCUT2D eigenvalue weighted by atomic mass is 10.0. The van der Waals surface area contributed by atoms with E-state index in [1.165, 1.54) is 0 Å². The number of primary amides is 1. The summed E-state index contributed by atoms with van der Waals surface area (Å²) in [6, 6.07) is -0.975. The van der Waals surface area contributed by atoms with Crippen LogP contribution in [-0.4, -0.2) is 23.9 Å². The van der Waals surface area contributed by atoms with E-state index in [4.69, 9.17) is 5.73 Å². The molecule has 0 aliphatic rings. The van der Waals surface area contributed by atoms with E-state index >= 15 is 0 Å². The molecule has 0 radical (unpaired) electrons. The Labute approximate surface area is 77.8 Å². The SMILES string of the molecule is CC(C)[C@H](NC(=O)[C@H](C)[NH3+])C(N)=O. The summed E-state index contributed by atoms with van der Waals surface area (Å²) < 4.78 is 0. The highest BCUT2D eigenvalue weighted by molar-refractivity contribution is 5.88. The molecule has 0 bridgehead atoms. The van der Waals surface area contributed by atoms with Crippen LogP contribution in [0.1, 0.15) is 20.8 Å². The van der Waals surface area contributed by atoms with Gasteiger partial charge in [-0.1, -0.05) is 13.8 Å². The van der Waals surface area contributed by atoms with Gasteiger partial charge in [0.25, 0.3) is 5.91 Å². The maximum absolute atomic E-state index is 11.2. The van der Waals surface area contributed by atoms with Crippen LogP contribution in [0.25, 0.3) is 0 Å². The Morgan fingerprint density at radius 3 is 2.00 bits per heavy atom. The van der Waals surface area contributed by atoms with Crippen LogP contribution in [0.5, 0.6) is 0 Å². The minimum absolute atomic E-state index is 0.000185. The summed E-state index contributed by atoms with van der Waals surface area (Å²) in [6.07, 6.45) is 0. The Morgan fingerprint density at radius 2 is 1.77 bits per heavy atom. The number of carbonyl (C=O) groups excluding carboxylic acids is 2. The molecule has 2 amide bonds. The number of nitrogens with one attached hydrogen (secondary N) is 1. The molecular weight excluding hydrogens is 170 g/mol. The highest BCUT2D eigenvalue weighted by atomic mass is 16.2. The molecule has 0 fully saturated rings. The predicted molar refractivity (Wildman–Crippen MR) is 48.3 cm³/mol. The van der Waals surface area contributed by atoms with Crippen LogP contribution >= 0.6 is 0 Å². The van der Waals surface area contributed by atoms with Crippen molar-refractivity contribution in [3.63, 3.8) is 0 Å². The first-order chi connectivity index (χ1) is 5.86. The fraction of sp³-hybridized carbons (Fsp3) is 0.750. The van der Waals surface area contributed by atoms with Crippen LogP contribution in [0.2, 0.25) is 0 Å². The number of hydrogen-bond acceptors (Lipinski definition) is 2. The van der Waals surface area contributed by atoms with Gasteiger partial charge in [0.1, 0.15) is 6.04 Å². The van der Waals surface area contributed by atoms with Crippen molar-refractivity contribution in [2.75, 3.05) is 0 Å². The van der Waals surface area contributed by atoms with Crippen molar-refractivity contribution in [3.05, 3.63) is 0 Å². The Balaban J connectivity index is 4.27. The summed E-state index contributed by atoms with van der Waals surface area (Å²) in [6.45, 7) is 5.31. The minimum Gasteiger partial charge on any atom is -0.368 e. The highest BCUT2D eigenvalue weighted by Gasteiger charge is 2.23. The first-order valence-corrected chi connectivity index (χ1v) is 4.29. The van der Waals surface area contributed by atoms with E-state index in [0.29, 0.717) is 0 Å². The molecule has 2 atom stereocenters. The summed E-state index contributed by atoms with van der Waals surface area (Å²) in [5.41, 5.74) is 8.66. The van der Waals surface area contributed by atoms with E-state index in [1.807, 2.05) is 13.8 Å². The molecule has 0 unspecified atom stereocenters. The number of carbonyl (C=O) groups is 2. The molecule has 0 aliphatic heterocycles. The number of nitrogens with two attached hydrogens (primary N) is 1. The zero-order valence-corrected chi connectivity index (χ0v) is 8.33. The molecule has 76 valence electrons. The van der Waals surface area contributed by atoms with Crippen LogP contribution in [0.4, 0.5) is 0 Å². The van der Waals surface area contributed by atoms with Gasteiger partial charge in [-0.3, -0.25) is 9.59 Å². The Kier molecular flexibility index (Phi) is 4.40. The van der Waals surface area contributed by atoms with Gasteiger partial charge in [-0.25, -0.2) is 0 Å². The lowest BCUT2D eigenvalue weighted by Crippen LogP contribution is -2.67. The zero-order valence-electron chi connectivity index (χ0n) is 8.33. The first kappa shape index (κ1) is 11.9. The van der Waals surface area contributed by atoms with Crippen LogP contribution < -0.4 is 16.8 Å². The van der Waals surface area contributed by atoms with E-state index in [9.17, 15) is 9.59 Å². The standard InChI is InChI=1S/C8H17N3O2/c1-4(2)6(7(10)12)11-8(13)5(3)9/h4-6H,9H2,1-3H3,(H2,10,12)(H,11,13)/p+1/t5-,6-/m0/s1. The molecule has 0 aliphatic carbocycles. The number of hydrogen-bond donors (Lipinski definition) is 3. The highest BCUT2D eigenvalue weighted by Crippen LogP contribution is 2.00. The second-order valence-electron chi connectivity index (χ2n) is 3.53. The molecule has 5 heteroatoms. The fourth-order valence-corrected chi connectivity index (χ4v) is 0.862. The van der Waals surface area contributed by atoms with E-state index in [-0.39, 0.29) is 17.9 Å². The normalized spacial score (nSPS) is 15.2. The monoisotopic (exact) mass is 188 g/mol. The Bertz CT molecular complexity index is 202. The third-order valence-corrected chi connectivity index (χ3v) is 1.72. The average Bonchev–Trinajstić information content (AvgIpc) is 1.97. The van der Waals surface area contributed by atoms with Gasteiger partial charge in [-0.05, 0) is 12.8 Å². The van der Waals surface area contributed by atoms with Crippen molar-refractivity contribution in [1.29, 1.82) is 0 Å². The lowest BCUT2D eigenvalue weighted by Gasteiger charge is -2.18. The smallest absolute Gasteiger partial charge is 0.278 e. The lowest BCUT2D eigenvalue weighted by molar-refractivity contribution is -0.398. The molecule has 0 spiro atoms. The summed E-state index contributed by atoms with van der Waals surface area (Å²) >= 11 is 0. The Hall–Kier alpha value is -1.10. The van der Waals surface area contributed by atoms with Crippen molar-refractivity contribution in [1.82, 2.24) is 5.32 Å². The van der Waals surface area contributed by atoms with Gasteiger partial charge in [-0.15, -0.1) is 0 Å². The van der Waals surface area contributed by atoms with Gasteiger partial charge in [0, 0.05) is 0 Å². The van der Waals surface area contributed by atoms with Crippen LogP contribution in [0, 0.1) is 5.92 Å². The van der Waals surface area contributed by atoms with E-state index in [1.54, 1.807) is 6.92 Å². The van der Waals surface area contributed by atoms with Gasteiger partial charge < -0.3 is 16.8 Å². The maximum atomic E-state index is 11.2. The predicted octanol–water partition coefficient (Wildman–Crippen LogP) is -1.76. The Morgan fingerprint density at radius 1 is 1.31 bits per heavy atom. The molecule has 0 rings (SSSR count). The van der Waals surface area contributed by atoms with Crippen LogP contribution in [0.15, 0.2) is 0 Å². The molecular formula is C8H18N3O2+. The van der Waals surface area contributed by atoms with Gasteiger partial charge in [0.05, 0.1) is 0 Å². The summed E-state index contributed by atoms with van der Waals surface area (Å²) in [5, 5.41) is 2.54. The minimum atomic E-state index is -0.600. The molecule has 0 heterocycles. The van der Waals surface area contributed by atoms with Gasteiger partial charge in [-0.2, -0.15) is 0 Å². The third kappa shape index (κ3) is 3.89. The molecule has 0 saturated carbocycles. The molecule has 0 aromatic heterocycles. The molecule has 5 nitrogen and oxygen atoms in total. The molecule has 0 saturated heterocycles. The summed E-state index contributed by atoms with van der Waals surface area (Å²) in [5.74, 6) is -0.762. The van der Waals surface area contributed by atoms with Crippen molar-refractivity contribution in [3.8, 4) is 0 Å². The second-order valence-corrected chi connectivity index (χ2v) is 3.53. The summed E-state index contributed by atoms with van der Waals surface area (Å²) in [7, 11) is 0. The van der Waals surface area contributed by atoms with Crippen LogP contribution in [-0.2, 0) is 9.59 Å². The molecule has 0 aromatic carbocycles.